The van der Waals surface area contributed by atoms with Crippen LogP contribution in [0.3, 0.4) is 0 Å². The number of halogens is 1. The van der Waals surface area contributed by atoms with Gasteiger partial charge < -0.3 is 15.0 Å². The highest BCUT2D eigenvalue weighted by Gasteiger charge is 2.13. The summed E-state index contributed by atoms with van der Waals surface area (Å²) in [4.78, 5) is 14.1. The molecule has 0 unspecified atom stereocenters. The first-order valence-corrected chi connectivity index (χ1v) is 9.05. The van der Waals surface area contributed by atoms with Gasteiger partial charge in [-0.25, -0.2) is 0 Å². The number of likely N-dealkylation sites (N-methyl/N-ethyl adjacent to an activating group) is 2. The van der Waals surface area contributed by atoms with Crippen LogP contribution in [0.4, 0.5) is 0 Å². The van der Waals surface area contributed by atoms with Crippen molar-refractivity contribution in [3.05, 3.63) is 50.1 Å². The normalized spacial score (nSPS) is 10.6. The Hall–Kier alpha value is -1.37. The Morgan fingerprint density at radius 3 is 2.83 bits per heavy atom. The highest BCUT2D eigenvalue weighted by molar-refractivity contribution is 9.11. The van der Waals surface area contributed by atoms with Crippen molar-refractivity contribution >= 4 is 33.2 Å². The van der Waals surface area contributed by atoms with Gasteiger partial charge in [0.15, 0.2) is 0 Å². The van der Waals surface area contributed by atoms with E-state index in [2.05, 4.69) is 26.6 Å². The van der Waals surface area contributed by atoms with E-state index in [1.54, 1.807) is 16.2 Å². The number of amides is 1. The summed E-state index contributed by atoms with van der Waals surface area (Å²) in [5.41, 5.74) is 2.79. The lowest BCUT2D eigenvalue weighted by atomic mass is 10.1. The molecule has 1 amide bonds. The number of carbonyl (C=O) groups excluding carboxylic acids is 1. The molecule has 2 aromatic rings. The predicted molar refractivity (Wildman–Crippen MR) is 98.4 cm³/mol. The summed E-state index contributed by atoms with van der Waals surface area (Å²) in [6.45, 7) is 3.92. The molecule has 0 saturated carbocycles. The summed E-state index contributed by atoms with van der Waals surface area (Å²) < 4.78 is 6.98. The molecule has 0 aliphatic heterocycles. The van der Waals surface area contributed by atoms with Gasteiger partial charge in [0.05, 0.1) is 3.79 Å². The Bertz CT molecular complexity index is 672. The van der Waals surface area contributed by atoms with Gasteiger partial charge in [-0.3, -0.25) is 4.79 Å². The van der Waals surface area contributed by atoms with Crippen LogP contribution in [0.25, 0.3) is 0 Å². The standard InChI is InChI=1S/C17H21BrN2O2S/c1-12-4-5-14(17(21)20(3)7-6-19-2)9-15(12)22-10-13-8-16(18)23-11-13/h4-5,8-9,11,19H,6-7,10H2,1-3H3. The molecule has 124 valence electrons. The molecular formula is C17H21BrN2O2S. The van der Waals surface area contributed by atoms with Crippen molar-refractivity contribution in [2.75, 3.05) is 27.2 Å². The Morgan fingerprint density at radius 2 is 2.17 bits per heavy atom. The van der Waals surface area contributed by atoms with Crippen molar-refractivity contribution < 1.29 is 9.53 Å². The Kier molecular flexibility index (Phi) is 6.62. The average molecular weight is 397 g/mol. The maximum Gasteiger partial charge on any atom is 0.253 e. The molecule has 2 rings (SSSR count). The Balaban J connectivity index is 2.07. The lowest BCUT2D eigenvalue weighted by Crippen LogP contribution is -2.32. The largest absolute Gasteiger partial charge is 0.489 e. The SMILES string of the molecule is CNCCN(C)C(=O)c1ccc(C)c(OCc2csc(Br)c2)c1. The lowest BCUT2D eigenvalue weighted by molar-refractivity contribution is 0.0796. The average Bonchev–Trinajstić information content (AvgIpc) is 2.96. The van der Waals surface area contributed by atoms with Gasteiger partial charge in [-0.1, -0.05) is 6.07 Å². The number of thiophene rings is 1. The zero-order chi connectivity index (χ0) is 16.8. The molecule has 0 aliphatic rings. The Labute approximate surface area is 149 Å². The van der Waals surface area contributed by atoms with Crippen LogP contribution in [0.2, 0.25) is 0 Å². The van der Waals surface area contributed by atoms with Gasteiger partial charge in [-0.05, 0) is 59.0 Å². The van der Waals surface area contributed by atoms with Crippen molar-refractivity contribution in [1.82, 2.24) is 10.2 Å². The van der Waals surface area contributed by atoms with Crippen LogP contribution in [-0.2, 0) is 6.61 Å². The molecular weight excluding hydrogens is 376 g/mol. The highest BCUT2D eigenvalue weighted by atomic mass is 79.9. The highest BCUT2D eigenvalue weighted by Crippen LogP contribution is 2.24. The molecule has 0 bridgehead atoms. The monoisotopic (exact) mass is 396 g/mol. The number of carbonyl (C=O) groups is 1. The summed E-state index contributed by atoms with van der Waals surface area (Å²) in [6.07, 6.45) is 0. The number of rotatable bonds is 7. The van der Waals surface area contributed by atoms with Crippen LogP contribution in [0.5, 0.6) is 5.75 Å². The van der Waals surface area contributed by atoms with E-state index in [0.29, 0.717) is 18.7 Å². The minimum atomic E-state index is 0.00313. The summed E-state index contributed by atoms with van der Waals surface area (Å²) in [7, 11) is 3.68. The lowest BCUT2D eigenvalue weighted by Gasteiger charge is -2.18. The molecule has 1 aromatic heterocycles. The van der Waals surface area contributed by atoms with E-state index in [0.717, 1.165) is 27.2 Å². The van der Waals surface area contributed by atoms with Gasteiger partial charge in [0, 0.05) is 31.3 Å². The molecule has 1 heterocycles. The third-order valence-electron chi connectivity index (χ3n) is 3.50. The molecule has 6 heteroatoms. The molecule has 0 aliphatic carbocycles. The smallest absolute Gasteiger partial charge is 0.253 e. The van der Waals surface area contributed by atoms with E-state index >= 15 is 0 Å². The zero-order valence-corrected chi connectivity index (χ0v) is 16.0. The van der Waals surface area contributed by atoms with E-state index in [1.807, 2.05) is 45.3 Å². The molecule has 4 nitrogen and oxygen atoms in total. The second kappa shape index (κ2) is 8.47. The van der Waals surface area contributed by atoms with Gasteiger partial charge >= 0.3 is 0 Å². The van der Waals surface area contributed by atoms with Crippen molar-refractivity contribution in [3.8, 4) is 5.75 Å². The summed E-state index contributed by atoms with van der Waals surface area (Å²) in [5, 5.41) is 5.10. The fraction of sp³-hybridized carbons (Fsp3) is 0.353. The van der Waals surface area contributed by atoms with Gasteiger partial charge in [-0.2, -0.15) is 0 Å². The number of nitrogens with one attached hydrogen (secondary N) is 1. The van der Waals surface area contributed by atoms with Crippen molar-refractivity contribution in [1.29, 1.82) is 0 Å². The number of benzene rings is 1. The van der Waals surface area contributed by atoms with Gasteiger partial charge in [-0.15, -0.1) is 11.3 Å². The zero-order valence-electron chi connectivity index (χ0n) is 13.6. The molecule has 1 N–H and O–H groups in total. The topological polar surface area (TPSA) is 41.6 Å². The second-order valence-corrected chi connectivity index (χ2v) is 7.65. The molecule has 0 spiro atoms. The third-order valence-corrected chi connectivity index (χ3v) is 5.05. The quantitative estimate of drug-likeness (QED) is 0.775. The maximum atomic E-state index is 12.4. The second-order valence-electron chi connectivity index (χ2n) is 5.36. The molecule has 0 saturated heterocycles. The minimum absolute atomic E-state index is 0.00313. The molecule has 0 atom stereocenters. The van der Waals surface area contributed by atoms with E-state index < -0.39 is 0 Å². The Morgan fingerprint density at radius 1 is 1.39 bits per heavy atom. The van der Waals surface area contributed by atoms with Crippen LogP contribution in [0, 0.1) is 6.92 Å². The van der Waals surface area contributed by atoms with Crippen molar-refractivity contribution in [2.24, 2.45) is 0 Å². The van der Waals surface area contributed by atoms with Crippen LogP contribution < -0.4 is 10.1 Å². The summed E-state index contributed by atoms with van der Waals surface area (Å²) in [5.74, 6) is 0.753. The number of aryl methyl sites for hydroxylation is 1. The summed E-state index contributed by atoms with van der Waals surface area (Å²) >= 11 is 5.08. The molecule has 0 radical (unpaired) electrons. The first-order valence-electron chi connectivity index (χ1n) is 7.37. The molecule has 0 fully saturated rings. The number of nitrogens with zero attached hydrogens (tertiary/aromatic N) is 1. The predicted octanol–water partition coefficient (Wildman–Crippen LogP) is 3.69. The van der Waals surface area contributed by atoms with E-state index in [4.69, 9.17) is 4.74 Å². The first kappa shape index (κ1) is 18.0. The maximum absolute atomic E-state index is 12.4. The molecule has 1 aromatic carbocycles. The van der Waals surface area contributed by atoms with E-state index in [9.17, 15) is 4.79 Å². The van der Waals surface area contributed by atoms with Crippen LogP contribution in [0.15, 0.2) is 33.4 Å². The van der Waals surface area contributed by atoms with Crippen molar-refractivity contribution in [2.45, 2.75) is 13.5 Å². The van der Waals surface area contributed by atoms with Crippen LogP contribution in [0.1, 0.15) is 21.5 Å². The number of hydrogen-bond acceptors (Lipinski definition) is 4. The number of hydrogen-bond donors (Lipinski definition) is 1. The van der Waals surface area contributed by atoms with Gasteiger partial charge in [0.1, 0.15) is 12.4 Å². The third kappa shape index (κ3) is 5.06. The van der Waals surface area contributed by atoms with E-state index in [1.165, 1.54) is 0 Å². The van der Waals surface area contributed by atoms with Gasteiger partial charge in [0.2, 0.25) is 0 Å². The van der Waals surface area contributed by atoms with E-state index in [-0.39, 0.29) is 5.91 Å². The van der Waals surface area contributed by atoms with Crippen molar-refractivity contribution in [3.63, 3.8) is 0 Å². The van der Waals surface area contributed by atoms with Crippen LogP contribution in [-0.4, -0.2) is 38.0 Å². The minimum Gasteiger partial charge on any atom is -0.489 e. The molecule has 23 heavy (non-hydrogen) atoms. The fourth-order valence-corrected chi connectivity index (χ4v) is 3.27. The van der Waals surface area contributed by atoms with Gasteiger partial charge in [0.25, 0.3) is 5.91 Å². The van der Waals surface area contributed by atoms with Crippen LogP contribution >= 0.6 is 27.3 Å². The number of ether oxygens (including phenoxy) is 1. The first-order chi connectivity index (χ1) is 11.0. The fourth-order valence-electron chi connectivity index (χ4n) is 2.07. The summed E-state index contributed by atoms with van der Waals surface area (Å²) in [6, 6.07) is 7.65.